The van der Waals surface area contributed by atoms with E-state index in [2.05, 4.69) is 15.3 Å². The van der Waals surface area contributed by atoms with Crippen LogP contribution >= 0.6 is 23.1 Å². The van der Waals surface area contributed by atoms with Crippen LogP contribution in [-0.2, 0) is 4.79 Å². The van der Waals surface area contributed by atoms with Crippen molar-refractivity contribution in [2.24, 2.45) is 0 Å². The minimum Gasteiger partial charge on any atom is -0.506 e. The van der Waals surface area contributed by atoms with E-state index >= 15 is 0 Å². The van der Waals surface area contributed by atoms with Crippen molar-refractivity contribution in [3.63, 3.8) is 0 Å². The Labute approximate surface area is 150 Å². The molecule has 25 heavy (non-hydrogen) atoms. The first kappa shape index (κ1) is 17.1. The third-order valence-electron chi connectivity index (χ3n) is 3.22. The number of fused-ring (bicyclic) bond motifs is 1. The van der Waals surface area contributed by atoms with Crippen molar-refractivity contribution < 1.29 is 14.8 Å². The number of nitro groups is 1. The number of amides is 1. The lowest BCUT2D eigenvalue weighted by Gasteiger charge is -2.07. The molecule has 128 valence electrons. The van der Waals surface area contributed by atoms with Gasteiger partial charge in [0.15, 0.2) is 0 Å². The number of hydrogen-bond acceptors (Lipinski definition) is 8. The molecule has 8 nitrogen and oxygen atoms in total. The third kappa shape index (κ3) is 3.86. The van der Waals surface area contributed by atoms with E-state index in [0.29, 0.717) is 5.03 Å². The van der Waals surface area contributed by atoms with Crippen molar-refractivity contribution in [2.45, 2.75) is 11.9 Å². The molecule has 2 N–H and O–H groups in total. The van der Waals surface area contributed by atoms with Gasteiger partial charge < -0.3 is 10.4 Å². The Morgan fingerprint density at radius 1 is 1.40 bits per heavy atom. The van der Waals surface area contributed by atoms with Crippen LogP contribution in [0.3, 0.4) is 0 Å². The highest BCUT2D eigenvalue weighted by atomic mass is 32.2. The zero-order valence-electron chi connectivity index (χ0n) is 12.9. The summed E-state index contributed by atoms with van der Waals surface area (Å²) in [7, 11) is 0. The highest BCUT2D eigenvalue weighted by Crippen LogP contribution is 2.31. The van der Waals surface area contributed by atoms with Gasteiger partial charge in [-0.15, -0.1) is 11.3 Å². The predicted octanol–water partition coefficient (Wildman–Crippen LogP) is 3.34. The molecular formula is C15H12N4O4S2. The molecule has 2 heterocycles. The molecule has 0 saturated heterocycles. The fourth-order valence-electron chi connectivity index (χ4n) is 2.13. The molecule has 0 fully saturated rings. The number of carbonyl (C=O) groups excluding carboxylic acids is 1. The van der Waals surface area contributed by atoms with Gasteiger partial charge in [0, 0.05) is 22.4 Å². The number of hydrogen-bond donors (Lipinski definition) is 2. The van der Waals surface area contributed by atoms with E-state index in [1.54, 1.807) is 11.3 Å². The van der Waals surface area contributed by atoms with Crippen LogP contribution in [0, 0.1) is 17.0 Å². The van der Waals surface area contributed by atoms with Crippen LogP contribution in [0.2, 0.25) is 0 Å². The molecule has 1 aromatic carbocycles. The lowest BCUT2D eigenvalue weighted by molar-refractivity contribution is -0.384. The molecule has 3 rings (SSSR count). The number of carbonyl (C=O) groups is 1. The van der Waals surface area contributed by atoms with E-state index in [9.17, 15) is 20.0 Å². The molecule has 0 spiro atoms. The molecule has 1 amide bonds. The Morgan fingerprint density at radius 3 is 2.96 bits per heavy atom. The Bertz CT molecular complexity index is 973. The minimum atomic E-state index is -0.597. The van der Waals surface area contributed by atoms with Gasteiger partial charge in [0.05, 0.1) is 16.4 Å². The van der Waals surface area contributed by atoms with E-state index in [0.717, 1.165) is 27.2 Å². The Balaban J connectivity index is 1.71. The molecule has 0 unspecified atom stereocenters. The maximum Gasteiger partial charge on any atom is 0.271 e. The lowest BCUT2D eigenvalue weighted by atomic mass is 10.2. The molecule has 10 heteroatoms. The SMILES string of the molecule is Cc1cc2c(SCC(=O)Nc3cc([N+](=O)[O-])ccc3O)ncnc2s1. The van der Waals surface area contributed by atoms with Gasteiger partial charge in [0.1, 0.15) is 21.9 Å². The largest absolute Gasteiger partial charge is 0.506 e. The van der Waals surface area contributed by atoms with E-state index in [-0.39, 0.29) is 22.9 Å². The summed E-state index contributed by atoms with van der Waals surface area (Å²) in [6, 6.07) is 5.41. The summed E-state index contributed by atoms with van der Waals surface area (Å²) in [5.41, 5.74) is -0.217. The Morgan fingerprint density at radius 2 is 2.20 bits per heavy atom. The second-order valence-electron chi connectivity index (χ2n) is 5.05. The highest BCUT2D eigenvalue weighted by molar-refractivity contribution is 8.00. The summed E-state index contributed by atoms with van der Waals surface area (Å²) >= 11 is 2.78. The maximum atomic E-state index is 12.1. The van der Waals surface area contributed by atoms with Crippen LogP contribution in [0.1, 0.15) is 4.88 Å². The van der Waals surface area contributed by atoms with Gasteiger partial charge in [0.2, 0.25) is 5.91 Å². The van der Waals surface area contributed by atoms with E-state index in [1.165, 1.54) is 24.2 Å². The molecule has 0 saturated carbocycles. The number of anilines is 1. The van der Waals surface area contributed by atoms with E-state index in [1.807, 2.05) is 13.0 Å². The van der Waals surface area contributed by atoms with Crippen molar-refractivity contribution in [1.29, 1.82) is 0 Å². The minimum absolute atomic E-state index is 0.000915. The second kappa shape index (κ2) is 7.03. The number of nitrogens with one attached hydrogen (secondary N) is 1. The van der Waals surface area contributed by atoms with Gasteiger partial charge in [-0.05, 0) is 19.1 Å². The monoisotopic (exact) mass is 376 g/mol. The third-order valence-corrected chi connectivity index (χ3v) is 5.18. The number of aromatic nitrogens is 2. The number of benzene rings is 1. The second-order valence-corrected chi connectivity index (χ2v) is 7.25. The van der Waals surface area contributed by atoms with Crippen LogP contribution in [-0.4, -0.2) is 31.7 Å². The summed E-state index contributed by atoms with van der Waals surface area (Å²) in [4.78, 5) is 32.6. The average Bonchev–Trinajstić information content (AvgIpc) is 2.95. The summed E-state index contributed by atoms with van der Waals surface area (Å²) < 4.78 is 0. The lowest BCUT2D eigenvalue weighted by Crippen LogP contribution is -2.14. The number of phenolic OH excluding ortho intramolecular Hbond substituents is 1. The normalized spacial score (nSPS) is 10.8. The first-order valence-electron chi connectivity index (χ1n) is 7.05. The Hall–Kier alpha value is -2.72. The summed E-state index contributed by atoms with van der Waals surface area (Å²) in [6.07, 6.45) is 1.45. The van der Waals surface area contributed by atoms with Crippen LogP contribution in [0.25, 0.3) is 10.2 Å². The smallest absolute Gasteiger partial charge is 0.271 e. The van der Waals surface area contributed by atoms with E-state index < -0.39 is 10.8 Å². The quantitative estimate of drug-likeness (QED) is 0.230. The number of nitro benzene ring substituents is 1. The fraction of sp³-hybridized carbons (Fsp3) is 0.133. The number of non-ortho nitro benzene ring substituents is 1. The number of aryl methyl sites for hydroxylation is 1. The summed E-state index contributed by atoms with van der Waals surface area (Å²) in [6.45, 7) is 1.97. The van der Waals surface area contributed by atoms with E-state index in [4.69, 9.17) is 0 Å². The number of aromatic hydroxyl groups is 1. The number of phenols is 1. The van der Waals surface area contributed by atoms with Gasteiger partial charge in [-0.25, -0.2) is 9.97 Å². The van der Waals surface area contributed by atoms with Crippen molar-refractivity contribution in [3.8, 4) is 5.75 Å². The summed E-state index contributed by atoms with van der Waals surface area (Å²) in [5, 5.41) is 24.6. The Kier molecular flexibility index (Phi) is 4.81. The molecule has 0 aliphatic heterocycles. The maximum absolute atomic E-state index is 12.1. The van der Waals surface area contributed by atoms with Crippen molar-refractivity contribution in [1.82, 2.24) is 9.97 Å². The molecule has 0 atom stereocenters. The highest BCUT2D eigenvalue weighted by Gasteiger charge is 2.14. The predicted molar refractivity (Wildman–Crippen MR) is 96.3 cm³/mol. The topological polar surface area (TPSA) is 118 Å². The molecule has 0 bridgehead atoms. The van der Waals surface area contributed by atoms with Crippen LogP contribution in [0.4, 0.5) is 11.4 Å². The molecule has 2 aromatic heterocycles. The first-order valence-corrected chi connectivity index (χ1v) is 8.85. The van der Waals surface area contributed by atoms with Crippen molar-refractivity contribution in [2.75, 3.05) is 11.1 Å². The van der Waals surface area contributed by atoms with Gasteiger partial charge >= 0.3 is 0 Å². The fourth-order valence-corrected chi connectivity index (χ4v) is 3.81. The number of thioether (sulfide) groups is 1. The van der Waals surface area contributed by atoms with Crippen molar-refractivity contribution >= 4 is 50.6 Å². The van der Waals surface area contributed by atoms with Crippen molar-refractivity contribution in [3.05, 3.63) is 45.6 Å². The molecule has 3 aromatic rings. The zero-order valence-corrected chi connectivity index (χ0v) is 14.6. The average molecular weight is 376 g/mol. The van der Waals surface area contributed by atoms with Crippen LogP contribution < -0.4 is 5.32 Å². The molecule has 0 radical (unpaired) electrons. The number of rotatable bonds is 5. The van der Waals surface area contributed by atoms with Gasteiger partial charge in [-0.1, -0.05) is 11.8 Å². The van der Waals surface area contributed by atoms with Gasteiger partial charge in [-0.2, -0.15) is 0 Å². The standard InChI is InChI=1S/C15H12N4O4S2/c1-8-4-10-14(16-7-17-15(10)25-8)24-6-13(21)18-11-5-9(19(22)23)2-3-12(11)20/h2-5,7,20H,6H2,1H3,(H,18,21). The number of thiophene rings is 1. The molecule has 0 aliphatic rings. The molecular weight excluding hydrogens is 364 g/mol. The van der Waals surface area contributed by atoms with Crippen LogP contribution in [0.5, 0.6) is 5.75 Å². The van der Waals surface area contributed by atoms with Gasteiger partial charge in [-0.3, -0.25) is 14.9 Å². The number of nitrogens with zero attached hydrogens (tertiary/aromatic N) is 3. The summed E-state index contributed by atoms with van der Waals surface area (Å²) in [5.74, 6) is -0.593. The van der Waals surface area contributed by atoms with Gasteiger partial charge in [0.25, 0.3) is 5.69 Å². The molecule has 0 aliphatic carbocycles. The van der Waals surface area contributed by atoms with Crippen LogP contribution in [0.15, 0.2) is 35.6 Å². The first-order chi connectivity index (χ1) is 11.9. The zero-order chi connectivity index (χ0) is 18.0.